The third-order valence-corrected chi connectivity index (χ3v) is 5.52. The minimum atomic E-state index is 0. The van der Waals surface area contributed by atoms with Crippen molar-refractivity contribution >= 4 is 35.8 Å². The van der Waals surface area contributed by atoms with E-state index in [0.29, 0.717) is 13.2 Å². The first-order valence-corrected chi connectivity index (χ1v) is 10.1. The summed E-state index contributed by atoms with van der Waals surface area (Å²) in [5.41, 5.74) is 2.51. The number of morpholine rings is 1. The summed E-state index contributed by atoms with van der Waals surface area (Å²) in [6.45, 7) is 5.96. The van der Waals surface area contributed by atoms with Crippen LogP contribution in [-0.4, -0.2) is 56.6 Å². The maximum absolute atomic E-state index is 11.8. The van der Waals surface area contributed by atoms with Crippen molar-refractivity contribution in [3.63, 3.8) is 0 Å². The first-order valence-electron chi connectivity index (χ1n) is 10.1. The van der Waals surface area contributed by atoms with Crippen molar-refractivity contribution in [2.75, 3.05) is 39.8 Å². The largest absolute Gasteiger partial charge is 0.370 e. The lowest BCUT2D eigenvalue weighted by Crippen LogP contribution is -2.48. The van der Waals surface area contributed by atoms with Gasteiger partial charge in [-0.2, -0.15) is 0 Å². The standard InChI is InChI=1S/C21H32N4O2.HI/c1-16-7-3-4-10-18(16)19-15-25(13-14-27-19)21(22-2)24-12-6-11-23-20(26)17-8-5-9-17;/h3-4,7,10,17,19H,5-6,8-9,11-15H2,1-2H3,(H,22,24)(H,23,26);1H. The molecule has 28 heavy (non-hydrogen) atoms. The molecular weight excluding hydrogens is 467 g/mol. The second-order valence-corrected chi connectivity index (χ2v) is 7.41. The van der Waals surface area contributed by atoms with Gasteiger partial charge in [0.15, 0.2) is 5.96 Å². The molecule has 1 atom stereocenters. The Balaban J connectivity index is 0.00000280. The van der Waals surface area contributed by atoms with Gasteiger partial charge in [-0.3, -0.25) is 9.79 Å². The molecule has 0 aromatic heterocycles. The van der Waals surface area contributed by atoms with Gasteiger partial charge in [0.1, 0.15) is 6.10 Å². The van der Waals surface area contributed by atoms with Gasteiger partial charge in [-0.15, -0.1) is 24.0 Å². The van der Waals surface area contributed by atoms with Gasteiger partial charge < -0.3 is 20.3 Å². The number of rotatable bonds is 6. The van der Waals surface area contributed by atoms with Crippen molar-refractivity contribution in [2.45, 2.75) is 38.7 Å². The highest BCUT2D eigenvalue weighted by Crippen LogP contribution is 2.26. The molecule has 6 nitrogen and oxygen atoms in total. The topological polar surface area (TPSA) is 66.0 Å². The van der Waals surface area contributed by atoms with Gasteiger partial charge in [-0.05, 0) is 37.3 Å². The summed E-state index contributed by atoms with van der Waals surface area (Å²) in [5, 5.41) is 6.46. The van der Waals surface area contributed by atoms with Crippen LogP contribution in [0.4, 0.5) is 0 Å². The SMILES string of the molecule is CN=C(NCCCNC(=O)C1CCC1)N1CCOC(c2ccccc2C)C1.I. The molecule has 1 aromatic carbocycles. The Hall–Kier alpha value is -1.35. The fraction of sp³-hybridized carbons (Fsp3) is 0.619. The quantitative estimate of drug-likeness (QED) is 0.273. The van der Waals surface area contributed by atoms with Crippen molar-refractivity contribution in [1.82, 2.24) is 15.5 Å². The zero-order valence-corrected chi connectivity index (χ0v) is 19.3. The number of halogens is 1. The first-order chi connectivity index (χ1) is 13.2. The molecule has 1 unspecified atom stereocenters. The highest BCUT2D eigenvalue weighted by Gasteiger charge is 2.26. The molecule has 3 rings (SSSR count). The van der Waals surface area contributed by atoms with Crippen LogP contribution in [0.15, 0.2) is 29.3 Å². The number of amides is 1. The van der Waals surface area contributed by atoms with Gasteiger partial charge in [0, 0.05) is 32.6 Å². The lowest BCUT2D eigenvalue weighted by molar-refractivity contribution is -0.127. The summed E-state index contributed by atoms with van der Waals surface area (Å²) in [7, 11) is 1.82. The number of hydrogen-bond acceptors (Lipinski definition) is 3. The molecule has 1 heterocycles. The number of carbonyl (C=O) groups excluding carboxylic acids is 1. The summed E-state index contributed by atoms with van der Waals surface area (Å²) < 4.78 is 6.01. The number of nitrogens with zero attached hydrogens (tertiary/aromatic N) is 2. The molecule has 2 aliphatic rings. The van der Waals surface area contributed by atoms with E-state index in [1.807, 2.05) is 7.05 Å². The highest BCUT2D eigenvalue weighted by atomic mass is 127. The summed E-state index contributed by atoms with van der Waals surface area (Å²) in [6, 6.07) is 8.40. The van der Waals surface area contributed by atoms with Crippen LogP contribution < -0.4 is 10.6 Å². The molecule has 1 saturated carbocycles. The van der Waals surface area contributed by atoms with Gasteiger partial charge in [0.2, 0.25) is 5.91 Å². The number of aliphatic imine (C=N–C) groups is 1. The van der Waals surface area contributed by atoms with Crippen LogP contribution in [0, 0.1) is 12.8 Å². The average molecular weight is 500 g/mol. The maximum atomic E-state index is 11.8. The molecule has 1 aliphatic heterocycles. The summed E-state index contributed by atoms with van der Waals surface area (Å²) in [6.07, 6.45) is 4.26. The van der Waals surface area contributed by atoms with Crippen LogP contribution in [0.2, 0.25) is 0 Å². The minimum absolute atomic E-state index is 0. The molecule has 0 spiro atoms. The van der Waals surface area contributed by atoms with E-state index in [1.165, 1.54) is 17.5 Å². The van der Waals surface area contributed by atoms with Crippen molar-refractivity contribution in [1.29, 1.82) is 0 Å². The van der Waals surface area contributed by atoms with Gasteiger partial charge in [-0.25, -0.2) is 0 Å². The van der Waals surface area contributed by atoms with E-state index in [0.717, 1.165) is 44.9 Å². The minimum Gasteiger partial charge on any atom is -0.370 e. The monoisotopic (exact) mass is 500 g/mol. The molecule has 0 radical (unpaired) electrons. The van der Waals surface area contributed by atoms with Crippen molar-refractivity contribution < 1.29 is 9.53 Å². The maximum Gasteiger partial charge on any atom is 0.223 e. The number of nitrogens with one attached hydrogen (secondary N) is 2. The van der Waals surface area contributed by atoms with E-state index in [4.69, 9.17) is 4.74 Å². The molecule has 156 valence electrons. The lowest BCUT2D eigenvalue weighted by Gasteiger charge is -2.35. The molecule has 2 fully saturated rings. The van der Waals surface area contributed by atoms with Crippen molar-refractivity contribution in [3.05, 3.63) is 35.4 Å². The molecular formula is C21H33IN4O2. The fourth-order valence-corrected chi connectivity index (χ4v) is 3.63. The van der Waals surface area contributed by atoms with E-state index < -0.39 is 0 Å². The zero-order valence-electron chi connectivity index (χ0n) is 16.9. The Morgan fingerprint density at radius 3 is 2.68 bits per heavy atom. The van der Waals surface area contributed by atoms with E-state index in [2.05, 4.69) is 51.7 Å². The molecule has 0 bridgehead atoms. The van der Waals surface area contributed by atoms with E-state index in [1.54, 1.807) is 0 Å². The second kappa shape index (κ2) is 11.6. The van der Waals surface area contributed by atoms with Gasteiger partial charge in [-0.1, -0.05) is 30.7 Å². The van der Waals surface area contributed by atoms with E-state index in [-0.39, 0.29) is 41.9 Å². The molecule has 2 N–H and O–H groups in total. The third-order valence-electron chi connectivity index (χ3n) is 5.52. The van der Waals surface area contributed by atoms with Gasteiger partial charge in [0.05, 0.1) is 13.2 Å². The van der Waals surface area contributed by atoms with E-state index >= 15 is 0 Å². The highest BCUT2D eigenvalue weighted by molar-refractivity contribution is 14.0. The lowest BCUT2D eigenvalue weighted by atomic mass is 9.85. The van der Waals surface area contributed by atoms with Crippen LogP contribution in [0.1, 0.15) is 42.9 Å². The van der Waals surface area contributed by atoms with Gasteiger partial charge in [0.25, 0.3) is 0 Å². The van der Waals surface area contributed by atoms with Crippen LogP contribution in [-0.2, 0) is 9.53 Å². The molecule has 1 aliphatic carbocycles. The molecule has 7 heteroatoms. The molecule has 1 amide bonds. The first kappa shape index (κ1) is 22.9. The summed E-state index contributed by atoms with van der Waals surface area (Å²) >= 11 is 0. The van der Waals surface area contributed by atoms with Crippen LogP contribution in [0.25, 0.3) is 0 Å². The predicted molar refractivity (Wildman–Crippen MR) is 123 cm³/mol. The number of guanidine groups is 1. The Labute approximate surface area is 185 Å². The van der Waals surface area contributed by atoms with Gasteiger partial charge >= 0.3 is 0 Å². The van der Waals surface area contributed by atoms with E-state index in [9.17, 15) is 4.79 Å². The summed E-state index contributed by atoms with van der Waals surface area (Å²) in [4.78, 5) is 18.5. The Kier molecular flexibility index (Phi) is 9.50. The van der Waals surface area contributed by atoms with Crippen LogP contribution in [0.5, 0.6) is 0 Å². The smallest absolute Gasteiger partial charge is 0.223 e. The Morgan fingerprint density at radius 2 is 2.00 bits per heavy atom. The fourth-order valence-electron chi connectivity index (χ4n) is 3.63. The number of benzene rings is 1. The second-order valence-electron chi connectivity index (χ2n) is 7.41. The zero-order chi connectivity index (χ0) is 19.1. The number of carbonyl (C=O) groups is 1. The number of ether oxygens (including phenoxy) is 1. The van der Waals surface area contributed by atoms with Crippen LogP contribution >= 0.6 is 24.0 Å². The van der Waals surface area contributed by atoms with Crippen molar-refractivity contribution in [3.8, 4) is 0 Å². The molecule has 1 aromatic rings. The Morgan fingerprint density at radius 1 is 1.25 bits per heavy atom. The third kappa shape index (κ3) is 6.07. The number of aryl methyl sites for hydroxylation is 1. The van der Waals surface area contributed by atoms with Crippen LogP contribution in [0.3, 0.4) is 0 Å². The predicted octanol–water partition coefficient (Wildman–Crippen LogP) is 2.87. The van der Waals surface area contributed by atoms with Crippen molar-refractivity contribution in [2.24, 2.45) is 10.9 Å². The number of hydrogen-bond donors (Lipinski definition) is 2. The normalized spacial score (nSPS) is 20.1. The summed E-state index contributed by atoms with van der Waals surface area (Å²) in [5.74, 6) is 1.39. The Bertz CT molecular complexity index is 664. The molecule has 1 saturated heterocycles. The average Bonchev–Trinajstić information content (AvgIpc) is 2.64.